The molecule has 0 spiro atoms. The Kier molecular flexibility index (Phi) is 8.96. The number of amides is 1. The molecule has 5 nitrogen and oxygen atoms in total. The summed E-state index contributed by atoms with van der Waals surface area (Å²) < 4.78 is 12.4. The van der Waals surface area contributed by atoms with E-state index in [4.69, 9.17) is 9.16 Å². The minimum absolute atomic E-state index is 0.0427. The van der Waals surface area contributed by atoms with Crippen LogP contribution in [0.2, 0.25) is 5.04 Å². The minimum atomic E-state index is -2.69. The van der Waals surface area contributed by atoms with Gasteiger partial charge >= 0.3 is 6.09 Å². The SMILES string of the molecule is COC(=O)N1[C@@H](CO[Si](c2ccccc2)(c2ccccc2)C(C)(C)C)CC[C@H](C)[C@H]1CCCO. The number of rotatable bonds is 8. The molecule has 0 aliphatic carbocycles. The first kappa shape index (κ1) is 26.5. The largest absolute Gasteiger partial charge is 0.453 e. The van der Waals surface area contributed by atoms with Crippen molar-refractivity contribution in [3.05, 3.63) is 60.7 Å². The van der Waals surface area contributed by atoms with Gasteiger partial charge in [-0.25, -0.2) is 4.79 Å². The van der Waals surface area contributed by atoms with Crippen molar-refractivity contribution < 1.29 is 19.1 Å². The van der Waals surface area contributed by atoms with Crippen LogP contribution < -0.4 is 10.4 Å². The molecule has 1 N–H and O–H groups in total. The van der Waals surface area contributed by atoms with Crippen LogP contribution in [0.15, 0.2) is 60.7 Å². The molecule has 2 aromatic carbocycles. The predicted molar refractivity (Wildman–Crippen MR) is 140 cm³/mol. The molecule has 1 heterocycles. The monoisotopic (exact) mass is 483 g/mol. The fraction of sp³-hybridized carbons (Fsp3) is 0.536. The van der Waals surface area contributed by atoms with Crippen molar-refractivity contribution in [3.63, 3.8) is 0 Å². The van der Waals surface area contributed by atoms with Crippen LogP contribution in [-0.4, -0.2) is 56.8 Å². The molecule has 1 amide bonds. The second-order valence-corrected chi connectivity index (χ2v) is 14.8. The van der Waals surface area contributed by atoms with Crippen LogP contribution in [0.1, 0.15) is 53.4 Å². The molecule has 1 aliphatic heterocycles. The fourth-order valence-corrected chi connectivity index (χ4v) is 10.2. The van der Waals surface area contributed by atoms with Gasteiger partial charge in [0.1, 0.15) is 0 Å². The topological polar surface area (TPSA) is 59.0 Å². The summed E-state index contributed by atoms with van der Waals surface area (Å²) >= 11 is 0. The summed E-state index contributed by atoms with van der Waals surface area (Å²) in [7, 11) is -1.24. The highest BCUT2D eigenvalue weighted by atomic mass is 28.4. The Balaban J connectivity index is 2.01. The second kappa shape index (κ2) is 11.5. The van der Waals surface area contributed by atoms with Crippen LogP contribution in [0.4, 0.5) is 4.79 Å². The second-order valence-electron chi connectivity index (χ2n) is 10.5. The summed E-state index contributed by atoms with van der Waals surface area (Å²) in [6, 6.07) is 21.2. The van der Waals surface area contributed by atoms with Crippen molar-refractivity contribution in [1.82, 2.24) is 4.90 Å². The van der Waals surface area contributed by atoms with E-state index in [9.17, 15) is 9.90 Å². The molecule has 1 aliphatic rings. The number of piperidine rings is 1. The van der Waals surface area contributed by atoms with Crippen LogP contribution in [0.3, 0.4) is 0 Å². The highest BCUT2D eigenvalue weighted by molar-refractivity contribution is 6.99. The fourth-order valence-electron chi connectivity index (χ4n) is 5.59. The number of aliphatic hydroxyl groups excluding tert-OH is 1. The van der Waals surface area contributed by atoms with E-state index in [-0.39, 0.29) is 29.8 Å². The average molecular weight is 484 g/mol. The lowest BCUT2D eigenvalue weighted by molar-refractivity contribution is 0.0126. The number of ether oxygens (including phenoxy) is 1. The first-order valence-corrected chi connectivity index (χ1v) is 14.4. The number of carbonyl (C=O) groups is 1. The van der Waals surface area contributed by atoms with Crippen molar-refractivity contribution >= 4 is 24.8 Å². The normalized spacial score (nSPS) is 21.4. The van der Waals surface area contributed by atoms with E-state index in [1.54, 1.807) is 0 Å². The van der Waals surface area contributed by atoms with Crippen molar-refractivity contribution in [2.24, 2.45) is 5.92 Å². The van der Waals surface area contributed by atoms with E-state index in [0.717, 1.165) is 19.3 Å². The number of hydrogen-bond acceptors (Lipinski definition) is 4. The zero-order valence-corrected chi connectivity index (χ0v) is 22.4. The summed E-state index contributed by atoms with van der Waals surface area (Å²) in [5.41, 5.74) is 0. The van der Waals surface area contributed by atoms with Gasteiger partial charge in [0.15, 0.2) is 0 Å². The van der Waals surface area contributed by atoms with E-state index in [2.05, 4.69) is 76.2 Å². The summed E-state index contributed by atoms with van der Waals surface area (Å²) in [6.45, 7) is 9.59. The molecule has 0 saturated carbocycles. The van der Waals surface area contributed by atoms with E-state index in [1.807, 2.05) is 17.0 Å². The van der Waals surface area contributed by atoms with Gasteiger partial charge in [-0.15, -0.1) is 0 Å². The molecule has 6 heteroatoms. The maximum Gasteiger partial charge on any atom is 0.410 e. The van der Waals surface area contributed by atoms with Crippen molar-refractivity contribution in [2.75, 3.05) is 20.3 Å². The quantitative estimate of drug-likeness (QED) is 0.559. The van der Waals surface area contributed by atoms with Gasteiger partial charge in [-0.1, -0.05) is 88.4 Å². The Labute approximate surface area is 206 Å². The maximum atomic E-state index is 13.0. The number of methoxy groups -OCH3 is 1. The molecule has 0 aromatic heterocycles. The zero-order chi connectivity index (χ0) is 24.8. The Morgan fingerprint density at radius 3 is 2.06 bits per heavy atom. The first-order valence-electron chi connectivity index (χ1n) is 12.5. The minimum Gasteiger partial charge on any atom is -0.453 e. The van der Waals surface area contributed by atoms with Gasteiger partial charge in [-0.3, -0.25) is 4.90 Å². The number of aliphatic hydroxyl groups is 1. The molecule has 0 unspecified atom stereocenters. The molecule has 0 bridgehead atoms. The third kappa shape index (κ3) is 5.40. The lowest BCUT2D eigenvalue weighted by Gasteiger charge is -2.48. The summed E-state index contributed by atoms with van der Waals surface area (Å²) in [5.74, 6) is 0.356. The van der Waals surface area contributed by atoms with Crippen LogP contribution in [0.5, 0.6) is 0 Å². The molecule has 34 heavy (non-hydrogen) atoms. The van der Waals surface area contributed by atoms with Gasteiger partial charge < -0.3 is 14.3 Å². The van der Waals surface area contributed by atoms with Gasteiger partial charge in [-0.05, 0) is 47.0 Å². The molecule has 2 aromatic rings. The molecule has 186 valence electrons. The van der Waals surface area contributed by atoms with Gasteiger partial charge in [0.05, 0.1) is 19.8 Å². The Morgan fingerprint density at radius 2 is 1.59 bits per heavy atom. The van der Waals surface area contributed by atoms with Crippen LogP contribution in [0, 0.1) is 5.92 Å². The van der Waals surface area contributed by atoms with Gasteiger partial charge in [-0.2, -0.15) is 0 Å². The summed E-state index contributed by atoms with van der Waals surface area (Å²) in [4.78, 5) is 14.9. The number of hydrogen-bond donors (Lipinski definition) is 1. The van der Waals surface area contributed by atoms with E-state index < -0.39 is 8.32 Å². The highest BCUT2D eigenvalue weighted by Gasteiger charge is 2.51. The molecular weight excluding hydrogens is 442 g/mol. The first-order chi connectivity index (χ1) is 16.3. The van der Waals surface area contributed by atoms with Crippen LogP contribution >= 0.6 is 0 Å². The zero-order valence-electron chi connectivity index (χ0n) is 21.4. The van der Waals surface area contributed by atoms with Gasteiger partial charge in [0.2, 0.25) is 0 Å². The number of nitrogens with zero attached hydrogens (tertiary/aromatic N) is 1. The smallest absolute Gasteiger partial charge is 0.410 e. The molecule has 3 atom stereocenters. The average Bonchev–Trinajstić information content (AvgIpc) is 2.84. The molecular formula is C28H41NO4Si. The lowest BCUT2D eigenvalue weighted by atomic mass is 9.85. The molecule has 3 rings (SSSR count). The molecule has 1 fully saturated rings. The summed E-state index contributed by atoms with van der Waals surface area (Å²) in [5, 5.41) is 11.8. The Hall–Kier alpha value is -2.15. The summed E-state index contributed by atoms with van der Waals surface area (Å²) in [6.07, 6.45) is 3.04. The third-order valence-corrected chi connectivity index (χ3v) is 12.3. The number of benzene rings is 2. The van der Waals surface area contributed by atoms with Crippen molar-refractivity contribution in [2.45, 2.75) is 70.5 Å². The van der Waals surface area contributed by atoms with Crippen molar-refractivity contribution in [3.8, 4) is 0 Å². The standard InChI is InChI=1S/C28H41NO4Si/c1-22-18-19-23(29(27(31)32-5)26(22)17-12-20-30)21-33-34(28(2,3)4,24-13-8-6-9-14-24)25-15-10-7-11-16-25/h6-11,13-16,22-23,26,30H,12,17-21H2,1-5H3/t22-,23+,26+/m0/s1. The van der Waals surface area contributed by atoms with Gasteiger partial charge in [0, 0.05) is 12.6 Å². The van der Waals surface area contributed by atoms with Crippen molar-refractivity contribution in [1.29, 1.82) is 0 Å². The highest BCUT2D eigenvalue weighted by Crippen LogP contribution is 2.38. The van der Waals surface area contributed by atoms with E-state index in [1.165, 1.54) is 17.5 Å². The molecule has 1 saturated heterocycles. The van der Waals surface area contributed by atoms with Crippen LogP contribution in [-0.2, 0) is 9.16 Å². The predicted octanol–water partition coefficient (Wildman–Crippen LogP) is 4.57. The van der Waals surface area contributed by atoms with E-state index in [0.29, 0.717) is 18.9 Å². The van der Waals surface area contributed by atoms with E-state index >= 15 is 0 Å². The maximum absolute atomic E-state index is 13.0. The Bertz CT molecular complexity index is 860. The Morgan fingerprint density at radius 1 is 1.03 bits per heavy atom. The lowest BCUT2D eigenvalue weighted by Crippen LogP contribution is -2.68. The van der Waals surface area contributed by atoms with Crippen LogP contribution in [0.25, 0.3) is 0 Å². The third-order valence-electron chi connectivity index (χ3n) is 7.32. The number of carbonyl (C=O) groups excluding carboxylic acids is 1. The molecule has 0 radical (unpaired) electrons. The van der Waals surface area contributed by atoms with Gasteiger partial charge in [0.25, 0.3) is 8.32 Å². The number of likely N-dealkylation sites (tertiary alicyclic amines) is 1.